The maximum absolute atomic E-state index is 14.2. The van der Waals surface area contributed by atoms with Crippen LogP contribution in [0.3, 0.4) is 0 Å². The van der Waals surface area contributed by atoms with Gasteiger partial charge in [-0.15, -0.1) is 0 Å². The van der Waals surface area contributed by atoms with E-state index in [1.807, 2.05) is 45.9 Å². The van der Waals surface area contributed by atoms with Crippen molar-refractivity contribution in [3.05, 3.63) is 71.9 Å². The van der Waals surface area contributed by atoms with E-state index in [4.69, 9.17) is 11.5 Å². The van der Waals surface area contributed by atoms with E-state index in [0.717, 1.165) is 10.9 Å². The van der Waals surface area contributed by atoms with E-state index in [1.165, 1.54) is 0 Å². The van der Waals surface area contributed by atoms with Crippen LogP contribution in [0.4, 0.5) is 0 Å². The van der Waals surface area contributed by atoms with Gasteiger partial charge in [-0.2, -0.15) is 0 Å². The molecule has 0 saturated carbocycles. The predicted molar refractivity (Wildman–Crippen MR) is 304 cm³/mol. The van der Waals surface area contributed by atoms with E-state index < -0.39 is 145 Å². The van der Waals surface area contributed by atoms with Gasteiger partial charge in [-0.05, 0) is 66.0 Å². The number of hydrogen-bond donors (Lipinski definition) is 13. The van der Waals surface area contributed by atoms with Crippen LogP contribution in [0.15, 0.2) is 60.8 Å². The van der Waals surface area contributed by atoms with Crippen LogP contribution in [0.5, 0.6) is 0 Å². The normalized spacial score (nSPS) is 14.7. The Morgan fingerprint density at radius 2 is 1.01 bits per heavy atom. The quantitative estimate of drug-likeness (QED) is 0.0392. The second-order valence-corrected chi connectivity index (χ2v) is 22.2. The van der Waals surface area contributed by atoms with Crippen LogP contribution in [-0.4, -0.2) is 137 Å². The van der Waals surface area contributed by atoms with Crippen LogP contribution < -0.4 is 59.3 Å². The van der Waals surface area contributed by atoms with Crippen LogP contribution in [0.25, 0.3) is 10.9 Å². The highest BCUT2D eigenvalue weighted by Gasteiger charge is 2.36. The number of amides is 10. The Kier molecular flexibility index (Phi) is 27.5. The average Bonchev–Trinajstić information content (AvgIpc) is 3.87. The van der Waals surface area contributed by atoms with Crippen LogP contribution in [-0.2, 0) is 65.6 Å². The molecule has 10 amide bonds. The molecule has 0 fully saturated rings. The number of para-hydroxylation sites is 1. The molecular weight excluding hydrogens is 1040 g/mol. The topological polar surface area (TPSA) is 384 Å². The number of aromatic nitrogens is 1. The number of primary amides is 1. The van der Waals surface area contributed by atoms with E-state index in [2.05, 4.69) is 52.8 Å². The second kappa shape index (κ2) is 33.0. The Hall–Kier alpha value is -7.89. The number of carboxylic acid groups (broad SMARTS) is 1. The molecule has 0 unspecified atom stereocenters. The third-order valence-electron chi connectivity index (χ3n) is 13.3. The molecule has 9 atom stereocenters. The molecule has 3 aromatic rings. The van der Waals surface area contributed by atoms with Crippen molar-refractivity contribution in [3.8, 4) is 0 Å². The minimum Gasteiger partial charge on any atom is -0.480 e. The van der Waals surface area contributed by atoms with Crippen molar-refractivity contribution in [1.82, 2.24) is 52.8 Å². The summed E-state index contributed by atoms with van der Waals surface area (Å²) in [6, 6.07) is 5.86. The largest absolute Gasteiger partial charge is 0.480 e. The van der Waals surface area contributed by atoms with Gasteiger partial charge in [0.25, 0.3) is 0 Å². The zero-order chi connectivity index (χ0) is 60.7. The van der Waals surface area contributed by atoms with Gasteiger partial charge in [-0.1, -0.05) is 124 Å². The fourth-order valence-corrected chi connectivity index (χ4v) is 8.81. The number of aliphatic carboxylic acids is 1. The monoisotopic (exact) mass is 1130 g/mol. The molecule has 0 spiro atoms. The van der Waals surface area contributed by atoms with E-state index in [0.29, 0.717) is 24.0 Å². The van der Waals surface area contributed by atoms with Crippen molar-refractivity contribution < 1.29 is 57.8 Å². The summed E-state index contributed by atoms with van der Waals surface area (Å²) in [6.07, 6.45) is 1.83. The van der Waals surface area contributed by atoms with Crippen molar-refractivity contribution in [2.45, 2.75) is 163 Å². The average molecular weight is 1130 g/mol. The molecule has 1 heterocycles. The van der Waals surface area contributed by atoms with Crippen molar-refractivity contribution in [1.29, 1.82) is 0 Å². The Labute approximate surface area is 473 Å². The third kappa shape index (κ3) is 23.0. The summed E-state index contributed by atoms with van der Waals surface area (Å²) in [5.74, 6) is -10.5. The molecule has 3 rings (SSSR count). The number of carboxylic acids is 1. The zero-order valence-electron chi connectivity index (χ0n) is 48.2. The molecule has 446 valence electrons. The van der Waals surface area contributed by atoms with Gasteiger partial charge in [0.15, 0.2) is 0 Å². The first kappa shape index (κ1) is 67.4. The van der Waals surface area contributed by atoms with Crippen molar-refractivity contribution in [2.75, 3.05) is 13.1 Å². The molecule has 0 bridgehead atoms. The highest BCUT2D eigenvalue weighted by molar-refractivity contribution is 5.99. The SMILES string of the molecule is CC[C@H](C)[C@H](NC(=O)[C@H](CC(N)=O)NC(=O)[C@H](Cc1ccccc1)NC(=O)[C@H](CC(C)C)NC(=O)[C@@H](N)CC(C)C)C(=O)N[C@@H](CC(C)C)C(=O)NCC(=O)NCC(=O)N[C@@H](Cc1c[nH]c2ccccc12)C(=O)N[C@H](C(=O)O)C(C)C. The minimum atomic E-state index is -1.66. The van der Waals surface area contributed by atoms with Crippen molar-refractivity contribution in [2.24, 2.45) is 41.1 Å². The van der Waals surface area contributed by atoms with E-state index in [-0.39, 0.29) is 43.4 Å². The number of rotatable bonds is 34. The lowest BCUT2D eigenvalue weighted by molar-refractivity contribution is -0.143. The molecule has 0 saturated heterocycles. The van der Waals surface area contributed by atoms with Gasteiger partial charge < -0.3 is 69.4 Å². The van der Waals surface area contributed by atoms with E-state index >= 15 is 0 Å². The first-order chi connectivity index (χ1) is 38.1. The molecule has 0 radical (unpaired) electrons. The van der Waals surface area contributed by atoms with Gasteiger partial charge >= 0.3 is 5.97 Å². The fraction of sp³-hybridized carbons (Fsp3) is 0.561. The third-order valence-corrected chi connectivity index (χ3v) is 13.3. The van der Waals surface area contributed by atoms with Gasteiger partial charge in [0.05, 0.1) is 25.6 Å². The van der Waals surface area contributed by atoms with E-state index in [1.54, 1.807) is 84.1 Å². The van der Waals surface area contributed by atoms with Gasteiger partial charge in [0.2, 0.25) is 59.1 Å². The summed E-state index contributed by atoms with van der Waals surface area (Å²) in [7, 11) is 0. The molecule has 1 aromatic heterocycles. The van der Waals surface area contributed by atoms with Crippen LogP contribution in [0.2, 0.25) is 0 Å². The number of hydrogen-bond acceptors (Lipinski definition) is 12. The van der Waals surface area contributed by atoms with Gasteiger partial charge in [-0.3, -0.25) is 47.9 Å². The Bertz CT molecular complexity index is 2640. The molecule has 81 heavy (non-hydrogen) atoms. The summed E-state index contributed by atoms with van der Waals surface area (Å²) in [6.45, 7) is 16.5. The lowest BCUT2D eigenvalue weighted by atomic mass is 9.96. The number of benzene rings is 2. The smallest absolute Gasteiger partial charge is 0.326 e. The summed E-state index contributed by atoms with van der Waals surface area (Å²) in [5.41, 5.74) is 13.8. The van der Waals surface area contributed by atoms with Crippen LogP contribution in [0.1, 0.15) is 112 Å². The molecular formula is C57H86N12O12. The standard InChI is InChI=1S/C57H86N12O12/c1-11-34(10)49(69-55(78)44(26-45(59)70)66-53(76)42(24-35-17-13-12-14-18-35)65-52(75)41(23-32(6)7)64-50(73)38(58)21-30(2)3)56(79)67-40(22-31(4)5)51(74)62-28-46(71)61-29-47(72)63-43(54(77)68-48(33(8)9)57(80)81)25-36-27-60-39-20-16-15-19-37(36)39/h12-20,27,30-34,38,40-44,48-49,60H,11,21-26,28-29,58H2,1-10H3,(H2,59,70)(H,61,71)(H,62,74)(H,63,72)(H,64,73)(H,65,75)(H,66,76)(H,67,79)(H,68,77)(H,69,78)(H,80,81)/t34-,38-,40-,41-,42-,43-,44-,48-,49-/m0/s1. The molecule has 2 aromatic carbocycles. The predicted octanol–water partition coefficient (Wildman–Crippen LogP) is 0.707. The first-order valence-electron chi connectivity index (χ1n) is 27.6. The summed E-state index contributed by atoms with van der Waals surface area (Å²) < 4.78 is 0. The van der Waals surface area contributed by atoms with Crippen LogP contribution in [0, 0.1) is 29.6 Å². The van der Waals surface area contributed by atoms with Gasteiger partial charge in [-0.25, -0.2) is 4.79 Å². The Morgan fingerprint density at radius 3 is 1.59 bits per heavy atom. The zero-order valence-corrected chi connectivity index (χ0v) is 48.2. The maximum atomic E-state index is 14.2. The lowest BCUT2D eigenvalue weighted by Crippen LogP contribution is -2.61. The lowest BCUT2D eigenvalue weighted by Gasteiger charge is -2.29. The maximum Gasteiger partial charge on any atom is 0.326 e. The number of aromatic amines is 1. The van der Waals surface area contributed by atoms with Crippen LogP contribution >= 0.6 is 0 Å². The van der Waals surface area contributed by atoms with Crippen molar-refractivity contribution in [3.63, 3.8) is 0 Å². The number of carbonyl (C=O) groups is 11. The fourth-order valence-electron chi connectivity index (χ4n) is 8.81. The molecule has 0 aliphatic carbocycles. The highest BCUT2D eigenvalue weighted by Crippen LogP contribution is 2.20. The van der Waals surface area contributed by atoms with Gasteiger partial charge in [0.1, 0.15) is 42.3 Å². The highest BCUT2D eigenvalue weighted by atomic mass is 16.4. The summed E-state index contributed by atoms with van der Waals surface area (Å²) >= 11 is 0. The van der Waals surface area contributed by atoms with Crippen molar-refractivity contribution >= 4 is 75.9 Å². The summed E-state index contributed by atoms with van der Waals surface area (Å²) in [5, 5.41) is 33.7. The van der Waals surface area contributed by atoms with Gasteiger partial charge in [0, 0.05) is 29.9 Å². The second-order valence-electron chi connectivity index (χ2n) is 22.2. The Balaban J connectivity index is 1.76. The molecule has 15 N–H and O–H groups in total. The number of H-pyrrole nitrogens is 1. The van der Waals surface area contributed by atoms with E-state index in [9.17, 15) is 57.8 Å². The molecule has 0 aliphatic heterocycles. The number of nitrogens with one attached hydrogen (secondary N) is 10. The Morgan fingerprint density at radius 1 is 0.519 bits per heavy atom. The summed E-state index contributed by atoms with van der Waals surface area (Å²) in [4.78, 5) is 151. The molecule has 24 heteroatoms. The molecule has 0 aliphatic rings. The number of fused-ring (bicyclic) bond motifs is 1. The first-order valence-corrected chi connectivity index (χ1v) is 27.6. The molecule has 24 nitrogen and oxygen atoms in total. The number of carbonyl (C=O) groups excluding carboxylic acids is 10. The minimum absolute atomic E-state index is 0.0275. The number of nitrogens with two attached hydrogens (primary N) is 2.